The minimum Gasteiger partial charge on any atom is -0.495 e. The molecule has 0 saturated heterocycles. The highest BCUT2D eigenvalue weighted by Gasteiger charge is 2.21. The third-order valence-corrected chi connectivity index (χ3v) is 8.25. The quantitative estimate of drug-likeness (QED) is 0.253. The highest BCUT2D eigenvalue weighted by molar-refractivity contribution is 7.91. The third-order valence-electron chi connectivity index (χ3n) is 5.61. The predicted octanol–water partition coefficient (Wildman–Crippen LogP) is 3.80. The molecule has 10 nitrogen and oxygen atoms in total. The van der Waals surface area contributed by atoms with Gasteiger partial charge < -0.3 is 4.74 Å². The molecule has 3 aromatic carbocycles. The molecule has 0 saturated carbocycles. The van der Waals surface area contributed by atoms with E-state index in [0.29, 0.717) is 23.1 Å². The molecule has 0 aliphatic heterocycles. The Labute approximate surface area is 228 Å². The zero-order chi connectivity index (χ0) is 28.6. The SMILES string of the molecule is CCCC(=O)OOc1cc(-c2ccccc2S(C)(=O)=O)ccc1CCNS(=O)(=O)c1cc(C#N)ccc1OC. The molecular formula is C27H28N2O8S2. The number of carbonyl (C=O) groups is 1. The number of nitriles is 1. The largest absolute Gasteiger partial charge is 0.495 e. The fraction of sp³-hybridized carbons (Fsp3) is 0.259. The van der Waals surface area contributed by atoms with E-state index in [4.69, 9.17) is 19.8 Å². The van der Waals surface area contributed by atoms with Gasteiger partial charge in [-0.15, -0.1) is 0 Å². The molecule has 3 aromatic rings. The number of hydrogen-bond acceptors (Lipinski definition) is 9. The van der Waals surface area contributed by atoms with Crippen molar-refractivity contribution in [1.29, 1.82) is 5.26 Å². The van der Waals surface area contributed by atoms with Crippen molar-refractivity contribution in [2.45, 2.75) is 36.0 Å². The Morgan fingerprint density at radius 3 is 2.38 bits per heavy atom. The first-order valence-electron chi connectivity index (χ1n) is 11.9. The van der Waals surface area contributed by atoms with Gasteiger partial charge in [-0.25, -0.2) is 26.4 Å². The van der Waals surface area contributed by atoms with Crippen LogP contribution in [0.3, 0.4) is 0 Å². The number of hydrogen-bond donors (Lipinski definition) is 1. The van der Waals surface area contributed by atoms with Crippen LogP contribution in [0, 0.1) is 11.3 Å². The van der Waals surface area contributed by atoms with Crippen LogP contribution < -0.4 is 14.3 Å². The molecule has 0 radical (unpaired) electrons. The van der Waals surface area contributed by atoms with Crippen molar-refractivity contribution >= 4 is 25.8 Å². The van der Waals surface area contributed by atoms with Crippen molar-refractivity contribution in [3.05, 3.63) is 71.8 Å². The van der Waals surface area contributed by atoms with Crippen molar-refractivity contribution in [2.24, 2.45) is 0 Å². The Balaban J connectivity index is 1.90. The summed E-state index contributed by atoms with van der Waals surface area (Å²) in [6.45, 7) is 1.74. The van der Waals surface area contributed by atoms with E-state index in [9.17, 15) is 21.6 Å². The lowest BCUT2D eigenvalue weighted by Gasteiger charge is -2.14. The van der Waals surface area contributed by atoms with Crippen molar-refractivity contribution in [1.82, 2.24) is 4.72 Å². The van der Waals surface area contributed by atoms with E-state index in [1.54, 1.807) is 30.3 Å². The molecule has 12 heteroatoms. The zero-order valence-corrected chi connectivity index (χ0v) is 23.3. The number of rotatable bonds is 12. The number of sulfone groups is 1. The number of methoxy groups -OCH3 is 1. The maximum absolute atomic E-state index is 13.0. The maximum atomic E-state index is 13.0. The number of nitrogens with zero attached hydrogens (tertiary/aromatic N) is 1. The van der Waals surface area contributed by atoms with Gasteiger partial charge in [-0.1, -0.05) is 37.3 Å². The van der Waals surface area contributed by atoms with E-state index in [0.717, 1.165) is 6.26 Å². The van der Waals surface area contributed by atoms with Gasteiger partial charge in [0.15, 0.2) is 15.6 Å². The van der Waals surface area contributed by atoms with E-state index >= 15 is 0 Å². The molecule has 0 atom stereocenters. The second kappa shape index (κ2) is 12.8. The first-order chi connectivity index (χ1) is 18.5. The van der Waals surface area contributed by atoms with Gasteiger partial charge in [0.1, 0.15) is 10.6 Å². The van der Waals surface area contributed by atoms with Gasteiger partial charge in [0.25, 0.3) is 0 Å². The standard InChI is InChI=1S/C27H28N2O8S2/c1-4-7-27(30)37-36-24-17-21(22-8-5-6-9-25(22)38(3,31)32)12-11-20(24)14-15-29-39(33,34)26-16-19(18-28)10-13-23(26)35-2/h5-6,8-13,16-17,29H,4,7,14-15H2,1-3H3. The van der Waals surface area contributed by atoms with Crippen molar-refractivity contribution in [3.8, 4) is 28.7 Å². The molecule has 0 spiro atoms. The lowest BCUT2D eigenvalue weighted by atomic mass is 10.0. The molecular weight excluding hydrogens is 544 g/mol. The van der Waals surface area contributed by atoms with Crippen LogP contribution in [0.15, 0.2) is 70.5 Å². The molecule has 0 heterocycles. The molecule has 3 rings (SSSR count). The molecule has 0 aliphatic carbocycles. The first-order valence-corrected chi connectivity index (χ1v) is 15.2. The zero-order valence-electron chi connectivity index (χ0n) is 21.6. The normalized spacial score (nSPS) is 11.4. The van der Waals surface area contributed by atoms with Crippen molar-refractivity contribution in [3.63, 3.8) is 0 Å². The molecule has 0 unspecified atom stereocenters. The summed E-state index contributed by atoms with van der Waals surface area (Å²) in [5.74, 6) is -0.374. The fourth-order valence-corrected chi connectivity index (χ4v) is 5.86. The lowest BCUT2D eigenvalue weighted by Crippen LogP contribution is -2.26. The summed E-state index contributed by atoms with van der Waals surface area (Å²) in [6.07, 6.45) is 1.93. The fourth-order valence-electron chi connectivity index (χ4n) is 3.73. The number of sulfonamides is 1. The molecule has 0 fully saturated rings. The van der Waals surface area contributed by atoms with Crippen LogP contribution in [0.4, 0.5) is 0 Å². The lowest BCUT2D eigenvalue weighted by molar-refractivity contribution is -0.214. The topological polar surface area (TPSA) is 149 Å². The Kier molecular flexibility index (Phi) is 9.69. The molecule has 0 amide bonds. The van der Waals surface area contributed by atoms with Crippen molar-refractivity contribution in [2.75, 3.05) is 19.9 Å². The highest BCUT2D eigenvalue weighted by Crippen LogP contribution is 2.32. The van der Waals surface area contributed by atoms with E-state index in [-0.39, 0.29) is 46.2 Å². The third kappa shape index (κ3) is 7.57. The van der Waals surface area contributed by atoms with Gasteiger partial charge in [-0.3, -0.25) is 9.78 Å². The summed E-state index contributed by atoms with van der Waals surface area (Å²) in [7, 11) is -6.26. The summed E-state index contributed by atoms with van der Waals surface area (Å²) in [6, 6.07) is 17.3. The number of benzene rings is 3. The monoisotopic (exact) mass is 572 g/mol. The number of carbonyl (C=O) groups excluding carboxylic acids is 1. The Morgan fingerprint density at radius 1 is 0.974 bits per heavy atom. The molecule has 1 N–H and O–H groups in total. The minimum absolute atomic E-state index is 0.0686. The van der Waals surface area contributed by atoms with Crippen LogP contribution in [-0.2, 0) is 36.0 Å². The number of nitrogens with one attached hydrogen (secondary N) is 1. The second-order valence-electron chi connectivity index (χ2n) is 8.50. The van der Waals surface area contributed by atoms with Crippen LogP contribution in [0.2, 0.25) is 0 Å². The predicted molar refractivity (Wildman–Crippen MR) is 143 cm³/mol. The van der Waals surface area contributed by atoms with Crippen LogP contribution in [-0.4, -0.2) is 42.7 Å². The molecule has 0 bridgehead atoms. The minimum atomic E-state index is -4.04. The average Bonchev–Trinajstić information content (AvgIpc) is 2.91. The smallest absolute Gasteiger partial charge is 0.355 e. The van der Waals surface area contributed by atoms with Crippen LogP contribution in [0.1, 0.15) is 30.9 Å². The molecule has 39 heavy (non-hydrogen) atoms. The second-order valence-corrected chi connectivity index (χ2v) is 12.2. The maximum Gasteiger partial charge on any atom is 0.355 e. The van der Waals surface area contributed by atoms with Crippen LogP contribution in [0.5, 0.6) is 11.5 Å². The summed E-state index contributed by atoms with van der Waals surface area (Å²) < 4.78 is 58.1. The van der Waals surface area contributed by atoms with Crippen LogP contribution in [0.25, 0.3) is 11.1 Å². The van der Waals surface area contributed by atoms with E-state index in [1.165, 1.54) is 37.4 Å². The Bertz CT molecular complexity index is 1610. The van der Waals surface area contributed by atoms with Gasteiger partial charge in [0, 0.05) is 30.3 Å². The van der Waals surface area contributed by atoms with E-state index < -0.39 is 25.8 Å². The van der Waals surface area contributed by atoms with Crippen LogP contribution >= 0.6 is 0 Å². The van der Waals surface area contributed by atoms with Gasteiger partial charge in [-0.2, -0.15) is 5.26 Å². The van der Waals surface area contributed by atoms with Gasteiger partial charge in [0.2, 0.25) is 10.0 Å². The highest BCUT2D eigenvalue weighted by atomic mass is 32.2. The number of ether oxygens (including phenoxy) is 1. The molecule has 0 aliphatic rings. The summed E-state index contributed by atoms with van der Waals surface area (Å²) >= 11 is 0. The molecule has 0 aromatic heterocycles. The van der Waals surface area contributed by atoms with E-state index in [1.807, 2.05) is 13.0 Å². The summed E-state index contributed by atoms with van der Waals surface area (Å²) in [4.78, 5) is 22.1. The van der Waals surface area contributed by atoms with Crippen molar-refractivity contribution < 1.29 is 36.1 Å². The van der Waals surface area contributed by atoms with Gasteiger partial charge in [-0.05, 0) is 48.7 Å². The Hall–Kier alpha value is -3.92. The summed E-state index contributed by atoms with van der Waals surface area (Å²) in [5, 5.41) is 9.15. The summed E-state index contributed by atoms with van der Waals surface area (Å²) in [5.41, 5.74) is 1.59. The van der Waals surface area contributed by atoms with E-state index in [2.05, 4.69) is 4.72 Å². The molecule has 206 valence electrons. The van der Waals surface area contributed by atoms with Gasteiger partial charge in [0.05, 0.1) is 23.6 Å². The first kappa shape index (κ1) is 29.6. The average molecular weight is 573 g/mol. The van der Waals surface area contributed by atoms with Gasteiger partial charge >= 0.3 is 5.97 Å². The Morgan fingerprint density at radius 2 is 1.72 bits per heavy atom.